The van der Waals surface area contributed by atoms with E-state index in [9.17, 15) is 28.8 Å². The number of imidazole rings is 1. The first-order valence-electron chi connectivity index (χ1n) is 30.0. The summed E-state index contributed by atoms with van der Waals surface area (Å²) in [7, 11) is 0. The summed E-state index contributed by atoms with van der Waals surface area (Å²) in [5.74, 6) is -1.95. The number of hydrogen-bond acceptors (Lipinski definition) is 14. The van der Waals surface area contributed by atoms with Crippen molar-refractivity contribution in [3.8, 4) is 11.3 Å². The SMILES string of the molecule is Cc1cc(F)c(Nc2nc(-c3ccc4c(c3)N([C@H]3C[C@@H](N5CCCCC5)C3)C(=O)C43CCN(C(=O)c4ccc(N5CCN(c6ccc7c(c6)C(=O)N(C6CCC(=O)NC6=O)C7=O)CC5)nc4)CC3)cc3ncn(C(C)C)c23)cc1C(=O)NC(C)C. The van der Waals surface area contributed by atoms with Crippen LogP contribution in [0, 0.1) is 12.7 Å². The Labute approximate surface area is 492 Å². The van der Waals surface area contributed by atoms with E-state index in [1.54, 1.807) is 31.6 Å². The van der Waals surface area contributed by atoms with Crippen molar-refractivity contribution in [2.45, 2.75) is 128 Å². The average molecular weight is 1150 g/mol. The van der Waals surface area contributed by atoms with E-state index >= 15 is 9.18 Å². The molecule has 1 aliphatic carbocycles. The van der Waals surface area contributed by atoms with Gasteiger partial charge in [-0.25, -0.2) is 19.3 Å². The highest BCUT2D eigenvalue weighted by atomic mass is 19.1. The van der Waals surface area contributed by atoms with E-state index in [2.05, 4.69) is 47.7 Å². The number of carbonyl (C=O) groups excluding carboxylic acids is 7. The lowest BCUT2D eigenvalue weighted by atomic mass is 9.73. The molecule has 6 aliphatic heterocycles. The van der Waals surface area contributed by atoms with Gasteiger partial charge in [-0.2, -0.15) is 0 Å². The molecule has 5 fully saturated rings. The molecule has 9 heterocycles. The Morgan fingerprint density at radius 3 is 2.21 bits per heavy atom. The third-order valence-corrected chi connectivity index (χ3v) is 18.7. The number of piperazine rings is 1. The summed E-state index contributed by atoms with van der Waals surface area (Å²) in [6.45, 7) is 14.9. The number of amides is 7. The van der Waals surface area contributed by atoms with Gasteiger partial charge in [0.05, 0.1) is 45.3 Å². The first-order valence-corrected chi connectivity index (χ1v) is 30.0. The molecule has 3 aromatic heterocycles. The fourth-order valence-corrected chi connectivity index (χ4v) is 13.9. The van der Waals surface area contributed by atoms with E-state index < -0.39 is 40.9 Å². The highest BCUT2D eigenvalue weighted by molar-refractivity contribution is 6.24. The highest BCUT2D eigenvalue weighted by Gasteiger charge is 2.56. The van der Waals surface area contributed by atoms with Crippen molar-refractivity contribution in [3.05, 3.63) is 118 Å². The van der Waals surface area contributed by atoms with Gasteiger partial charge in [0.15, 0.2) is 5.82 Å². The van der Waals surface area contributed by atoms with E-state index in [-0.39, 0.29) is 65.5 Å². The number of pyridine rings is 2. The standard InChI is InChI=1S/C64H70FN13O7/c1-36(2)68-58(80)45-32-50(48(65)27-38(45)5)70-57-56-51(67-35-76(56)37(3)4)33-49(69-57)39-9-13-47-53(28-39)77(43-29-42(30-43)72-19-7-6-8-20-72)63(85)64(47)17-21-75(22-18-64)60(82)40-10-15-54(66-34-40)74-25-23-73(24-26-74)41-11-12-44-46(31-41)62(84)78(61(44)83)52-14-16-55(79)71-59(52)81/h9-13,15,27-28,31-37,42-43,52H,6-8,14,16-26,29-30H2,1-5H3,(H,68,80)(H,69,70)(H,71,79,81)/t42-,43+,52?. The molecule has 21 heteroatoms. The summed E-state index contributed by atoms with van der Waals surface area (Å²) in [4.78, 5) is 121. The number of likely N-dealkylation sites (tertiary alicyclic amines) is 2. The monoisotopic (exact) mass is 1150 g/mol. The molecule has 1 atom stereocenters. The number of benzene rings is 3. The summed E-state index contributed by atoms with van der Waals surface area (Å²) in [5, 5.41) is 8.43. The smallest absolute Gasteiger partial charge is 0.262 e. The predicted octanol–water partition coefficient (Wildman–Crippen LogP) is 7.67. The molecule has 13 rings (SSSR count). The van der Waals surface area contributed by atoms with Gasteiger partial charge < -0.3 is 39.7 Å². The van der Waals surface area contributed by atoms with Gasteiger partial charge >= 0.3 is 0 Å². The fourth-order valence-electron chi connectivity index (χ4n) is 13.9. The van der Waals surface area contributed by atoms with Crippen molar-refractivity contribution in [3.63, 3.8) is 0 Å². The molecule has 440 valence electrons. The molecule has 20 nitrogen and oxygen atoms in total. The minimum atomic E-state index is -1.03. The van der Waals surface area contributed by atoms with Gasteiger partial charge in [-0.15, -0.1) is 0 Å². The molecule has 7 aliphatic rings. The summed E-state index contributed by atoms with van der Waals surface area (Å²) >= 11 is 0. The minimum Gasteiger partial charge on any atom is -0.368 e. The lowest BCUT2D eigenvalue weighted by Gasteiger charge is -2.48. The predicted molar refractivity (Wildman–Crippen MR) is 319 cm³/mol. The minimum absolute atomic E-state index is 0.00127. The average Bonchev–Trinajstić information content (AvgIpc) is 1.92. The summed E-state index contributed by atoms with van der Waals surface area (Å²) < 4.78 is 17.9. The fraction of sp³-hybridized carbons (Fsp3) is 0.438. The van der Waals surface area contributed by atoms with Crippen molar-refractivity contribution in [2.75, 3.05) is 72.4 Å². The van der Waals surface area contributed by atoms with Crippen LogP contribution < -0.4 is 30.7 Å². The Balaban J connectivity index is 0.717. The summed E-state index contributed by atoms with van der Waals surface area (Å²) in [5.41, 5.74) is 6.34. The lowest BCUT2D eigenvalue weighted by molar-refractivity contribution is -0.136. The van der Waals surface area contributed by atoms with E-state index in [0.29, 0.717) is 97.4 Å². The largest absolute Gasteiger partial charge is 0.368 e. The molecule has 4 saturated heterocycles. The number of halogens is 1. The van der Waals surface area contributed by atoms with Crippen molar-refractivity contribution < 1.29 is 38.0 Å². The van der Waals surface area contributed by atoms with E-state index in [4.69, 9.17) is 15.0 Å². The number of aryl methyl sites for hydroxylation is 1. The molecule has 3 N–H and O–H groups in total. The number of anilines is 5. The van der Waals surface area contributed by atoms with Crippen LogP contribution in [0.2, 0.25) is 0 Å². The van der Waals surface area contributed by atoms with E-state index in [1.807, 2.05) is 67.5 Å². The number of piperidine rings is 3. The van der Waals surface area contributed by atoms with Crippen molar-refractivity contribution >= 4 is 81.1 Å². The molecule has 6 aromatic rings. The summed E-state index contributed by atoms with van der Waals surface area (Å²) in [6.07, 6.45) is 9.82. The maximum absolute atomic E-state index is 16.0. The zero-order chi connectivity index (χ0) is 59.2. The molecular weight excluding hydrogens is 1080 g/mol. The van der Waals surface area contributed by atoms with Crippen LogP contribution in [0.15, 0.2) is 79.3 Å². The molecule has 1 saturated carbocycles. The molecule has 85 heavy (non-hydrogen) atoms. The number of nitrogens with one attached hydrogen (secondary N) is 3. The van der Waals surface area contributed by atoms with Gasteiger partial charge in [-0.1, -0.05) is 18.6 Å². The Kier molecular flexibility index (Phi) is 14.3. The Hall–Kier alpha value is -8.59. The number of fused-ring (bicyclic) bond motifs is 4. The van der Waals surface area contributed by atoms with Crippen molar-refractivity contribution in [1.82, 2.24) is 44.9 Å². The highest BCUT2D eigenvalue weighted by Crippen LogP contribution is 2.52. The second kappa shape index (κ2) is 21.8. The molecule has 0 radical (unpaired) electrons. The van der Waals surface area contributed by atoms with Crippen LogP contribution in [-0.2, 0) is 19.8 Å². The van der Waals surface area contributed by atoms with Gasteiger partial charge in [0.2, 0.25) is 17.7 Å². The Morgan fingerprint density at radius 1 is 0.765 bits per heavy atom. The third kappa shape index (κ3) is 9.82. The maximum atomic E-state index is 16.0. The zero-order valence-corrected chi connectivity index (χ0v) is 48.6. The van der Waals surface area contributed by atoms with Gasteiger partial charge in [0, 0.05) is 98.6 Å². The first kappa shape index (κ1) is 55.6. The number of imide groups is 2. The van der Waals surface area contributed by atoms with Crippen molar-refractivity contribution in [2.24, 2.45) is 0 Å². The molecule has 3 aromatic carbocycles. The molecule has 1 unspecified atom stereocenters. The van der Waals surface area contributed by atoms with Crippen molar-refractivity contribution in [1.29, 1.82) is 0 Å². The number of rotatable bonds is 12. The van der Waals surface area contributed by atoms with Crippen LogP contribution in [0.3, 0.4) is 0 Å². The van der Waals surface area contributed by atoms with E-state index in [1.165, 1.54) is 31.4 Å². The van der Waals surface area contributed by atoms with Gasteiger partial charge in [0.25, 0.3) is 23.6 Å². The second-order valence-corrected chi connectivity index (χ2v) is 24.6. The normalized spacial score (nSPS) is 21.5. The Morgan fingerprint density at radius 2 is 1.51 bits per heavy atom. The Bertz CT molecular complexity index is 3740. The third-order valence-electron chi connectivity index (χ3n) is 18.7. The van der Waals surface area contributed by atoms with Crippen LogP contribution in [-0.4, -0.2) is 152 Å². The lowest BCUT2D eigenvalue weighted by Crippen LogP contribution is -2.58. The van der Waals surface area contributed by atoms with Gasteiger partial charge in [-0.05, 0) is 158 Å². The van der Waals surface area contributed by atoms with Crippen LogP contribution >= 0.6 is 0 Å². The van der Waals surface area contributed by atoms with Gasteiger partial charge in [-0.3, -0.25) is 43.8 Å². The maximum Gasteiger partial charge on any atom is 0.262 e. The van der Waals surface area contributed by atoms with Crippen LogP contribution in [0.25, 0.3) is 22.3 Å². The quantitative estimate of drug-likeness (QED) is 0.100. The van der Waals surface area contributed by atoms with Crippen LogP contribution in [0.4, 0.5) is 33.1 Å². The van der Waals surface area contributed by atoms with Crippen LogP contribution in [0.5, 0.6) is 0 Å². The number of aromatic nitrogens is 4. The topological polar surface area (TPSA) is 219 Å². The molecule has 1 spiro atoms. The van der Waals surface area contributed by atoms with Gasteiger partial charge in [0.1, 0.15) is 23.2 Å². The second-order valence-electron chi connectivity index (χ2n) is 24.6. The zero-order valence-electron chi connectivity index (χ0n) is 48.6. The number of carbonyl (C=O) groups is 7. The van der Waals surface area contributed by atoms with Crippen LogP contribution in [0.1, 0.15) is 144 Å². The molecular formula is C64H70FN13O7. The summed E-state index contributed by atoms with van der Waals surface area (Å²) in [6, 6.07) is 19.1. The molecule has 7 amide bonds. The first-order chi connectivity index (χ1) is 40.9. The molecule has 0 bridgehead atoms. The number of nitrogens with zero attached hydrogens (tertiary/aromatic N) is 10. The number of hydrogen-bond donors (Lipinski definition) is 3. The van der Waals surface area contributed by atoms with E-state index in [0.717, 1.165) is 59.2 Å².